The summed E-state index contributed by atoms with van der Waals surface area (Å²) in [7, 11) is 0. The molecule has 0 radical (unpaired) electrons. The minimum absolute atomic E-state index is 0.00964. The summed E-state index contributed by atoms with van der Waals surface area (Å²) in [6, 6.07) is 6.73. The lowest BCUT2D eigenvalue weighted by Gasteiger charge is -2.03. The van der Waals surface area contributed by atoms with E-state index in [1.54, 1.807) is 24.3 Å². The van der Waals surface area contributed by atoms with Crippen LogP contribution in [0.25, 0.3) is 0 Å². The molecule has 0 fully saturated rings. The van der Waals surface area contributed by atoms with Crippen LogP contribution in [0.1, 0.15) is 29.3 Å². The molecule has 1 N–H and O–H groups in total. The highest BCUT2D eigenvalue weighted by Gasteiger charge is 2.05. The van der Waals surface area contributed by atoms with Gasteiger partial charge in [-0.1, -0.05) is 19.1 Å². The summed E-state index contributed by atoms with van der Waals surface area (Å²) < 4.78 is 4.95. The molecule has 0 bridgehead atoms. The van der Waals surface area contributed by atoms with Crippen LogP contribution in [-0.4, -0.2) is 17.7 Å². The Morgan fingerprint density at radius 2 is 2.00 bits per heavy atom. The number of aliphatic hydroxyl groups is 1. The molecule has 0 aliphatic rings. The molecule has 3 nitrogen and oxygen atoms in total. The molecule has 0 atom stereocenters. The average molecular weight is 194 g/mol. The zero-order chi connectivity index (χ0) is 10.4. The van der Waals surface area contributed by atoms with Crippen molar-refractivity contribution in [3.8, 4) is 0 Å². The van der Waals surface area contributed by atoms with Gasteiger partial charge in [0.2, 0.25) is 0 Å². The fourth-order valence-electron chi connectivity index (χ4n) is 1.02. The van der Waals surface area contributed by atoms with Gasteiger partial charge < -0.3 is 9.84 Å². The molecular weight excluding hydrogens is 180 g/mol. The first-order chi connectivity index (χ1) is 6.77. The van der Waals surface area contributed by atoms with Crippen LogP contribution in [-0.2, 0) is 11.3 Å². The summed E-state index contributed by atoms with van der Waals surface area (Å²) >= 11 is 0. The van der Waals surface area contributed by atoms with Crippen LogP contribution in [0.2, 0.25) is 0 Å². The first kappa shape index (κ1) is 10.7. The van der Waals surface area contributed by atoms with Crippen molar-refractivity contribution in [1.82, 2.24) is 0 Å². The summed E-state index contributed by atoms with van der Waals surface area (Å²) in [6.45, 7) is 2.38. The second-order valence-electron chi connectivity index (χ2n) is 2.99. The third-order valence-corrected chi connectivity index (χ3v) is 1.81. The number of benzene rings is 1. The number of hydrogen-bond donors (Lipinski definition) is 1. The molecule has 3 heteroatoms. The first-order valence-corrected chi connectivity index (χ1v) is 4.65. The fraction of sp³-hybridized carbons (Fsp3) is 0.364. The Kier molecular flexibility index (Phi) is 4.13. The molecule has 0 aliphatic carbocycles. The van der Waals surface area contributed by atoms with Crippen molar-refractivity contribution >= 4 is 5.97 Å². The third-order valence-electron chi connectivity index (χ3n) is 1.81. The lowest BCUT2D eigenvalue weighted by atomic mass is 10.1. The summed E-state index contributed by atoms with van der Waals surface area (Å²) in [6.07, 6.45) is 0.820. The molecule has 0 saturated carbocycles. The predicted octanol–water partition coefficient (Wildman–Crippen LogP) is 1.75. The van der Waals surface area contributed by atoms with Gasteiger partial charge in [0, 0.05) is 0 Å². The molecular formula is C11H14O3. The van der Waals surface area contributed by atoms with Gasteiger partial charge in [-0.05, 0) is 24.1 Å². The van der Waals surface area contributed by atoms with Crippen molar-refractivity contribution in [3.05, 3.63) is 35.4 Å². The molecule has 1 aromatic carbocycles. The van der Waals surface area contributed by atoms with Gasteiger partial charge in [0.25, 0.3) is 0 Å². The van der Waals surface area contributed by atoms with Crippen molar-refractivity contribution in [2.45, 2.75) is 20.0 Å². The van der Waals surface area contributed by atoms with E-state index in [-0.39, 0.29) is 12.6 Å². The monoisotopic (exact) mass is 194 g/mol. The molecule has 0 unspecified atom stereocenters. The number of carbonyl (C=O) groups excluding carboxylic acids is 1. The van der Waals surface area contributed by atoms with Gasteiger partial charge in [-0.15, -0.1) is 0 Å². The van der Waals surface area contributed by atoms with Crippen LogP contribution in [0.4, 0.5) is 0 Å². The van der Waals surface area contributed by atoms with E-state index in [1.165, 1.54) is 0 Å². The van der Waals surface area contributed by atoms with Crippen molar-refractivity contribution in [1.29, 1.82) is 0 Å². The summed E-state index contributed by atoms with van der Waals surface area (Å²) in [5.74, 6) is -0.309. The number of hydrogen-bond acceptors (Lipinski definition) is 3. The van der Waals surface area contributed by atoms with E-state index in [4.69, 9.17) is 9.84 Å². The van der Waals surface area contributed by atoms with Crippen LogP contribution >= 0.6 is 0 Å². The zero-order valence-corrected chi connectivity index (χ0v) is 8.19. The van der Waals surface area contributed by atoms with E-state index >= 15 is 0 Å². The van der Waals surface area contributed by atoms with Gasteiger partial charge in [0.05, 0.1) is 18.8 Å². The number of carbonyl (C=O) groups is 1. The Morgan fingerprint density at radius 1 is 1.36 bits per heavy atom. The first-order valence-electron chi connectivity index (χ1n) is 4.65. The molecule has 0 saturated heterocycles. The Bertz CT molecular complexity index is 290. The number of rotatable bonds is 4. The van der Waals surface area contributed by atoms with Gasteiger partial charge in [0.15, 0.2) is 0 Å². The standard InChI is InChI=1S/C11H14O3/c1-2-7-14-11(13)10-5-3-9(8-12)4-6-10/h3-6,12H,2,7-8H2,1H3. The number of esters is 1. The maximum atomic E-state index is 11.3. The van der Waals surface area contributed by atoms with E-state index in [9.17, 15) is 4.79 Å². The minimum Gasteiger partial charge on any atom is -0.462 e. The Balaban J connectivity index is 2.62. The number of ether oxygens (including phenoxy) is 1. The molecule has 0 aliphatic heterocycles. The highest BCUT2D eigenvalue weighted by Crippen LogP contribution is 2.05. The Labute approximate surface area is 83.3 Å². The lowest BCUT2D eigenvalue weighted by molar-refractivity contribution is 0.0505. The molecule has 0 heterocycles. The van der Waals surface area contributed by atoms with Gasteiger partial charge in [0.1, 0.15) is 0 Å². The normalized spacial score (nSPS) is 9.86. The highest BCUT2D eigenvalue weighted by molar-refractivity contribution is 5.89. The Hall–Kier alpha value is -1.35. The van der Waals surface area contributed by atoms with Crippen molar-refractivity contribution in [2.24, 2.45) is 0 Å². The molecule has 1 rings (SSSR count). The zero-order valence-electron chi connectivity index (χ0n) is 8.19. The van der Waals surface area contributed by atoms with Crippen LogP contribution < -0.4 is 0 Å². The quantitative estimate of drug-likeness (QED) is 0.743. The molecule has 14 heavy (non-hydrogen) atoms. The van der Waals surface area contributed by atoms with E-state index in [2.05, 4.69) is 0 Å². The average Bonchev–Trinajstić information content (AvgIpc) is 2.26. The maximum absolute atomic E-state index is 11.3. The second-order valence-corrected chi connectivity index (χ2v) is 2.99. The summed E-state index contributed by atoms with van der Waals surface area (Å²) in [4.78, 5) is 11.3. The van der Waals surface area contributed by atoms with E-state index in [1.807, 2.05) is 6.92 Å². The van der Waals surface area contributed by atoms with Gasteiger partial charge in [-0.3, -0.25) is 0 Å². The minimum atomic E-state index is -0.309. The van der Waals surface area contributed by atoms with E-state index < -0.39 is 0 Å². The topological polar surface area (TPSA) is 46.5 Å². The van der Waals surface area contributed by atoms with Crippen molar-refractivity contribution in [2.75, 3.05) is 6.61 Å². The molecule has 1 aromatic rings. The van der Waals surface area contributed by atoms with Crippen LogP contribution in [0.15, 0.2) is 24.3 Å². The smallest absolute Gasteiger partial charge is 0.338 e. The van der Waals surface area contributed by atoms with Crippen LogP contribution in [0.3, 0.4) is 0 Å². The largest absolute Gasteiger partial charge is 0.462 e. The predicted molar refractivity (Wildman–Crippen MR) is 52.9 cm³/mol. The fourth-order valence-corrected chi connectivity index (χ4v) is 1.02. The summed E-state index contributed by atoms with van der Waals surface area (Å²) in [5, 5.41) is 8.79. The lowest BCUT2D eigenvalue weighted by Crippen LogP contribution is -2.05. The van der Waals surface area contributed by atoms with Gasteiger partial charge >= 0.3 is 5.97 Å². The summed E-state index contributed by atoms with van der Waals surface area (Å²) in [5.41, 5.74) is 1.31. The third kappa shape index (κ3) is 2.85. The molecule has 0 aromatic heterocycles. The maximum Gasteiger partial charge on any atom is 0.338 e. The van der Waals surface area contributed by atoms with E-state index in [0.717, 1.165) is 12.0 Å². The highest BCUT2D eigenvalue weighted by atomic mass is 16.5. The van der Waals surface area contributed by atoms with Crippen molar-refractivity contribution < 1.29 is 14.6 Å². The van der Waals surface area contributed by atoms with Gasteiger partial charge in [-0.25, -0.2) is 4.79 Å². The van der Waals surface area contributed by atoms with Gasteiger partial charge in [-0.2, -0.15) is 0 Å². The molecule has 0 spiro atoms. The van der Waals surface area contributed by atoms with Crippen LogP contribution in [0, 0.1) is 0 Å². The molecule has 76 valence electrons. The molecule has 0 amide bonds. The second kappa shape index (κ2) is 5.40. The SMILES string of the molecule is CCCOC(=O)c1ccc(CO)cc1. The van der Waals surface area contributed by atoms with Crippen molar-refractivity contribution in [3.63, 3.8) is 0 Å². The van der Waals surface area contributed by atoms with Crippen LogP contribution in [0.5, 0.6) is 0 Å². The Morgan fingerprint density at radius 3 is 2.50 bits per heavy atom. The van der Waals surface area contributed by atoms with E-state index in [0.29, 0.717) is 12.2 Å². The number of aliphatic hydroxyl groups excluding tert-OH is 1.